The van der Waals surface area contributed by atoms with Gasteiger partial charge in [0, 0.05) is 47.7 Å². The molecule has 2 saturated carbocycles. The summed E-state index contributed by atoms with van der Waals surface area (Å²) in [7, 11) is 0. The van der Waals surface area contributed by atoms with Gasteiger partial charge in [-0.3, -0.25) is 24.3 Å². The molecule has 4 aromatic rings. The van der Waals surface area contributed by atoms with Crippen LogP contribution in [-0.2, 0) is 41.0 Å². The van der Waals surface area contributed by atoms with Crippen molar-refractivity contribution in [1.82, 2.24) is 25.8 Å². The van der Waals surface area contributed by atoms with E-state index in [1.807, 2.05) is 64.1 Å². The molecule has 0 aliphatic heterocycles. The van der Waals surface area contributed by atoms with Gasteiger partial charge in [0.2, 0.25) is 11.7 Å². The number of hydrogen-bond donors (Lipinski definition) is 5. The van der Waals surface area contributed by atoms with Crippen molar-refractivity contribution in [3.8, 4) is 22.5 Å². The van der Waals surface area contributed by atoms with Crippen molar-refractivity contribution in [2.75, 3.05) is 11.9 Å². The van der Waals surface area contributed by atoms with Gasteiger partial charge < -0.3 is 30.5 Å². The fourth-order valence-electron chi connectivity index (χ4n) is 9.63. The van der Waals surface area contributed by atoms with Gasteiger partial charge in [0.15, 0.2) is 5.82 Å². The first-order chi connectivity index (χ1) is 34.4. The molecule has 0 spiro atoms. The minimum Gasteiger partial charge on any atom is -0.477 e. The molecule has 3 aromatic carbocycles. The number of carbonyl (C=O) groups is 6. The molecule has 1 aromatic heterocycles. The average molecular weight is 1030 g/mol. The van der Waals surface area contributed by atoms with Crippen LogP contribution in [0.5, 0.6) is 0 Å². The molecule has 0 saturated heterocycles. The zero-order valence-electron chi connectivity index (χ0n) is 43.4. The summed E-state index contributed by atoms with van der Waals surface area (Å²) in [6.45, 7) is 17.3. The van der Waals surface area contributed by atoms with Crippen LogP contribution in [0.15, 0.2) is 66.7 Å². The molecule has 2 aliphatic rings. The summed E-state index contributed by atoms with van der Waals surface area (Å²) in [6, 6.07) is 18.5. The van der Waals surface area contributed by atoms with Gasteiger partial charge in [-0.1, -0.05) is 44.2 Å². The topological polar surface area (TPSA) is 219 Å². The van der Waals surface area contributed by atoms with E-state index in [2.05, 4.69) is 39.9 Å². The zero-order chi connectivity index (χ0) is 54.6. The minimum atomic E-state index is -5.46. The van der Waals surface area contributed by atoms with Gasteiger partial charge in [-0.05, 0) is 170 Å². The Morgan fingerprint density at radius 2 is 1.41 bits per heavy atom. The number of H-pyrrole nitrogens is 1. The van der Waals surface area contributed by atoms with Gasteiger partial charge >= 0.3 is 29.9 Å². The number of esters is 1. The number of Topliss-reactive ketones (excluding diaryl/α,β-unsaturated/α-hetero) is 1. The second kappa shape index (κ2) is 22.4. The Kier molecular flexibility index (Phi) is 17.2. The monoisotopic (exact) mass is 1030 g/mol. The number of benzene rings is 3. The lowest BCUT2D eigenvalue weighted by atomic mass is 9.68. The number of carboxylic acid groups (broad SMARTS) is 1. The quantitative estimate of drug-likeness (QED) is 0.0495. The largest absolute Gasteiger partial charge is 0.477 e. The van der Waals surface area contributed by atoms with Gasteiger partial charge in [-0.15, -0.1) is 0 Å². The molecular formula is C55H68F4N6O9. The van der Waals surface area contributed by atoms with Crippen LogP contribution in [0, 0.1) is 36.0 Å². The Morgan fingerprint density at radius 1 is 0.797 bits per heavy atom. The van der Waals surface area contributed by atoms with Crippen LogP contribution in [0.2, 0.25) is 0 Å². The fourth-order valence-corrected chi connectivity index (χ4v) is 9.63. The number of ether oxygens (including phenoxy) is 2. The molecule has 400 valence electrons. The van der Waals surface area contributed by atoms with Crippen LogP contribution in [0.25, 0.3) is 22.5 Å². The number of nitrogens with one attached hydrogen (secondary N) is 4. The number of amides is 3. The molecule has 0 radical (unpaired) electrons. The lowest BCUT2D eigenvalue weighted by Crippen LogP contribution is -2.50. The zero-order valence-corrected chi connectivity index (χ0v) is 43.4. The predicted molar refractivity (Wildman–Crippen MR) is 268 cm³/mol. The van der Waals surface area contributed by atoms with E-state index < -0.39 is 58.6 Å². The molecule has 6 rings (SSSR count). The molecule has 2 aliphatic carbocycles. The SMILES string of the molecule is Cc1cc(C(=O)NC2CCC(C(=O)OC(C)(C)C)CC2(C)C)ccc1-c1ccc(C[C@H](CC(=O)C2CCC(CNC(=O)OC(C)(C)C)CC2)C(=O)Nc2ccc(-c3n[nH]c(C(F)(F)C(F)(F)C(=O)O)n3)cc2)cc1. The number of alkyl halides is 4. The molecule has 74 heavy (non-hydrogen) atoms. The number of carboxylic acids is 1. The van der Waals surface area contributed by atoms with Crippen molar-refractivity contribution >= 4 is 41.3 Å². The molecule has 5 N–H and O–H groups in total. The van der Waals surface area contributed by atoms with Crippen LogP contribution in [0.3, 0.4) is 0 Å². The van der Waals surface area contributed by atoms with E-state index in [9.17, 15) is 46.3 Å². The average Bonchev–Trinajstić information content (AvgIpc) is 3.82. The third-order valence-electron chi connectivity index (χ3n) is 13.7. The van der Waals surface area contributed by atoms with Crippen LogP contribution < -0.4 is 16.0 Å². The number of anilines is 1. The molecule has 3 atom stereocenters. The molecule has 1 heterocycles. The van der Waals surface area contributed by atoms with E-state index in [0.717, 1.165) is 22.3 Å². The van der Waals surface area contributed by atoms with Crippen molar-refractivity contribution in [1.29, 1.82) is 0 Å². The number of aliphatic carboxylic acids is 1. The summed E-state index contributed by atoms with van der Waals surface area (Å²) in [6.07, 6.45) is 4.02. The maximum Gasteiger partial charge on any atom is 0.411 e. The van der Waals surface area contributed by atoms with Crippen molar-refractivity contribution in [3.63, 3.8) is 0 Å². The first-order valence-corrected chi connectivity index (χ1v) is 25.0. The third kappa shape index (κ3) is 14.3. The Hall–Kier alpha value is -6.66. The second-order valence-electron chi connectivity index (χ2n) is 22.5. The van der Waals surface area contributed by atoms with Gasteiger partial charge in [-0.25, -0.2) is 14.6 Å². The molecule has 2 unspecified atom stereocenters. The van der Waals surface area contributed by atoms with Crippen LogP contribution >= 0.6 is 0 Å². The smallest absolute Gasteiger partial charge is 0.411 e. The summed E-state index contributed by atoms with van der Waals surface area (Å²) in [5.74, 6) is -17.9. The summed E-state index contributed by atoms with van der Waals surface area (Å²) in [5, 5.41) is 22.8. The lowest BCUT2D eigenvalue weighted by molar-refractivity contribution is -0.231. The van der Waals surface area contributed by atoms with E-state index in [4.69, 9.17) is 14.6 Å². The summed E-state index contributed by atoms with van der Waals surface area (Å²) >= 11 is 0. The maximum absolute atomic E-state index is 14.4. The summed E-state index contributed by atoms with van der Waals surface area (Å²) in [5.41, 5.74) is 2.71. The number of nitrogens with zero attached hydrogens (tertiary/aromatic N) is 2. The maximum atomic E-state index is 14.4. The number of rotatable bonds is 17. The highest BCUT2D eigenvalue weighted by Gasteiger charge is 2.65. The molecule has 15 nitrogen and oxygen atoms in total. The molecule has 19 heteroatoms. The molecule has 0 bridgehead atoms. The Morgan fingerprint density at radius 3 is 1.99 bits per heavy atom. The van der Waals surface area contributed by atoms with E-state index in [-0.39, 0.29) is 71.0 Å². The van der Waals surface area contributed by atoms with E-state index in [1.165, 1.54) is 24.3 Å². The minimum absolute atomic E-state index is 0.0712. The number of alkyl carbamates (subject to hydrolysis) is 1. The highest BCUT2D eigenvalue weighted by molar-refractivity contribution is 5.97. The van der Waals surface area contributed by atoms with E-state index in [0.29, 0.717) is 57.1 Å². The standard InChI is InChI=1S/C55H68F4N6O9/c1-31-26-37(45(67)62-43-25-21-38(29-53(43,8)9)47(69)73-51(2,3)4)20-24-41(31)34-14-10-32(11-15-34)27-39(28-42(66)35-16-12-33(13-17-35)30-60-50(72)74-52(5,6)7)46(68)61-40-22-18-36(19-23-40)44-63-48(65-64-44)54(56,57)55(58,59)49(70)71/h10-11,14-15,18-20,22-24,26,33,35,38-39,43H,12-13,16-17,21,25,27-30H2,1-9H3,(H,60,72)(H,61,68)(H,62,67)(H,70,71)(H,63,64,65)/t33?,35?,38?,39-,43?/m1/s1. The Balaban J connectivity index is 1.13. The van der Waals surface area contributed by atoms with Crippen molar-refractivity contribution < 1.29 is 60.9 Å². The number of aryl methyl sites for hydroxylation is 1. The third-order valence-corrected chi connectivity index (χ3v) is 13.7. The van der Waals surface area contributed by atoms with Crippen molar-refractivity contribution in [3.05, 3.63) is 89.2 Å². The number of halogens is 4. The highest BCUT2D eigenvalue weighted by atomic mass is 19.3. The van der Waals surface area contributed by atoms with Crippen molar-refractivity contribution in [2.45, 2.75) is 149 Å². The Bertz CT molecular complexity index is 2690. The van der Waals surface area contributed by atoms with E-state index >= 15 is 0 Å². The fraction of sp³-hybridized carbons (Fsp3) is 0.527. The number of ketones is 1. The number of aromatic amines is 1. The summed E-state index contributed by atoms with van der Waals surface area (Å²) in [4.78, 5) is 81.0. The lowest BCUT2D eigenvalue weighted by Gasteiger charge is -2.42. The van der Waals surface area contributed by atoms with Crippen LogP contribution in [0.1, 0.15) is 134 Å². The molecule has 3 amide bonds. The van der Waals surface area contributed by atoms with Gasteiger partial charge in [-0.2, -0.15) is 22.7 Å². The second-order valence-corrected chi connectivity index (χ2v) is 22.5. The predicted octanol–water partition coefficient (Wildman–Crippen LogP) is 10.6. The van der Waals surface area contributed by atoms with Crippen LogP contribution in [0.4, 0.5) is 28.0 Å². The Labute approximate surface area is 428 Å². The van der Waals surface area contributed by atoms with E-state index in [1.54, 1.807) is 31.9 Å². The first kappa shape index (κ1) is 56.6. The van der Waals surface area contributed by atoms with Gasteiger partial charge in [0.1, 0.15) is 17.0 Å². The first-order valence-electron chi connectivity index (χ1n) is 25.0. The highest BCUT2D eigenvalue weighted by Crippen LogP contribution is 2.43. The van der Waals surface area contributed by atoms with Crippen molar-refractivity contribution in [2.24, 2.45) is 29.1 Å². The summed E-state index contributed by atoms with van der Waals surface area (Å²) < 4.78 is 67.4. The number of hydrogen-bond acceptors (Lipinski definition) is 10. The normalized spacial score (nSPS) is 19.6. The van der Waals surface area contributed by atoms with Gasteiger partial charge in [0.25, 0.3) is 5.91 Å². The molecular weight excluding hydrogens is 965 g/mol. The number of aromatic nitrogens is 3. The van der Waals surface area contributed by atoms with Crippen LogP contribution in [-0.4, -0.2) is 85.6 Å². The molecule has 2 fully saturated rings. The van der Waals surface area contributed by atoms with Gasteiger partial charge in [0.05, 0.1) is 5.92 Å². The number of carbonyl (C=O) groups excluding carboxylic acids is 5.